The SMILES string of the molecule is BrCc1c(N2CCSCC2)nc2sccn12. The minimum Gasteiger partial charge on any atom is -0.353 e. The molecule has 3 nitrogen and oxygen atoms in total. The minimum absolute atomic E-state index is 0.865. The van der Waals surface area contributed by atoms with Crippen LogP contribution in [0, 0.1) is 0 Å². The fourth-order valence-electron chi connectivity index (χ4n) is 1.97. The monoisotopic (exact) mass is 317 g/mol. The standard InChI is InChI=1S/C10H12BrN3S2/c11-7-8-9(13-1-4-15-5-2-13)12-10-14(8)3-6-16-10/h3,6H,1-2,4-5,7H2. The number of imidazole rings is 1. The van der Waals surface area contributed by atoms with Crippen LogP contribution in [0.5, 0.6) is 0 Å². The van der Waals surface area contributed by atoms with Gasteiger partial charge < -0.3 is 4.90 Å². The molecule has 0 amide bonds. The molecule has 0 spiro atoms. The second-order valence-corrected chi connectivity index (χ2v) is 6.33. The summed E-state index contributed by atoms with van der Waals surface area (Å²) in [6, 6.07) is 0. The van der Waals surface area contributed by atoms with Crippen molar-refractivity contribution in [3.8, 4) is 0 Å². The molecule has 0 saturated carbocycles. The molecule has 86 valence electrons. The van der Waals surface area contributed by atoms with E-state index in [2.05, 4.69) is 36.8 Å². The molecule has 2 aromatic heterocycles. The molecule has 0 aliphatic carbocycles. The molecule has 3 rings (SSSR count). The molecule has 1 aliphatic heterocycles. The third kappa shape index (κ3) is 1.76. The Balaban J connectivity index is 2.03. The van der Waals surface area contributed by atoms with Crippen molar-refractivity contribution in [3.63, 3.8) is 0 Å². The van der Waals surface area contributed by atoms with E-state index in [1.165, 1.54) is 23.0 Å². The van der Waals surface area contributed by atoms with Crippen molar-refractivity contribution in [3.05, 3.63) is 17.3 Å². The van der Waals surface area contributed by atoms with Crippen molar-refractivity contribution in [1.82, 2.24) is 9.38 Å². The highest BCUT2D eigenvalue weighted by Gasteiger charge is 2.19. The molecule has 1 fully saturated rings. The molecule has 2 aromatic rings. The van der Waals surface area contributed by atoms with Gasteiger partial charge in [-0.05, 0) is 0 Å². The second-order valence-electron chi connectivity index (χ2n) is 3.67. The molecule has 6 heteroatoms. The Hall–Kier alpha value is -0.200. The van der Waals surface area contributed by atoms with Crippen molar-refractivity contribution in [2.24, 2.45) is 0 Å². The van der Waals surface area contributed by atoms with Crippen molar-refractivity contribution < 1.29 is 0 Å². The van der Waals surface area contributed by atoms with E-state index in [1.54, 1.807) is 11.3 Å². The zero-order valence-corrected chi connectivity index (χ0v) is 11.9. The first-order valence-electron chi connectivity index (χ1n) is 5.23. The van der Waals surface area contributed by atoms with Gasteiger partial charge >= 0.3 is 0 Å². The first kappa shape index (κ1) is 10.9. The Morgan fingerprint density at radius 1 is 1.38 bits per heavy atom. The lowest BCUT2D eigenvalue weighted by Crippen LogP contribution is -2.33. The highest BCUT2D eigenvalue weighted by molar-refractivity contribution is 9.08. The molecule has 1 aliphatic rings. The van der Waals surface area contributed by atoms with Crippen LogP contribution in [-0.4, -0.2) is 34.0 Å². The van der Waals surface area contributed by atoms with Crippen LogP contribution in [0.3, 0.4) is 0 Å². The Bertz CT molecular complexity index is 487. The highest BCUT2D eigenvalue weighted by Crippen LogP contribution is 2.28. The largest absolute Gasteiger partial charge is 0.353 e. The van der Waals surface area contributed by atoms with E-state index >= 15 is 0 Å². The van der Waals surface area contributed by atoms with Gasteiger partial charge in [0, 0.05) is 41.5 Å². The zero-order chi connectivity index (χ0) is 11.0. The number of anilines is 1. The summed E-state index contributed by atoms with van der Waals surface area (Å²) < 4.78 is 2.19. The number of hydrogen-bond donors (Lipinski definition) is 0. The van der Waals surface area contributed by atoms with Gasteiger partial charge in [0.1, 0.15) is 0 Å². The average Bonchev–Trinajstić information content (AvgIpc) is 2.89. The Labute approximate surface area is 111 Å². The third-order valence-electron chi connectivity index (χ3n) is 2.78. The molecule has 0 radical (unpaired) electrons. The van der Waals surface area contributed by atoms with Crippen LogP contribution in [0.25, 0.3) is 4.96 Å². The predicted molar refractivity (Wildman–Crippen MR) is 75.2 cm³/mol. The fourth-order valence-corrected chi connectivity index (χ4v) is 4.13. The predicted octanol–water partition coefficient (Wildman–Crippen LogP) is 2.84. The van der Waals surface area contributed by atoms with Crippen molar-refractivity contribution in [2.75, 3.05) is 29.5 Å². The molecule has 3 heterocycles. The van der Waals surface area contributed by atoms with E-state index in [1.807, 2.05) is 11.8 Å². The summed E-state index contributed by atoms with van der Waals surface area (Å²) in [5.41, 5.74) is 1.28. The Kier molecular flexibility index (Phi) is 3.13. The van der Waals surface area contributed by atoms with Gasteiger partial charge in [0.25, 0.3) is 0 Å². The number of hydrogen-bond acceptors (Lipinski definition) is 4. The van der Waals surface area contributed by atoms with E-state index < -0.39 is 0 Å². The summed E-state index contributed by atoms with van der Waals surface area (Å²) in [7, 11) is 0. The molecule has 0 bridgehead atoms. The van der Waals surface area contributed by atoms with Gasteiger partial charge in [-0.3, -0.25) is 4.40 Å². The number of halogens is 1. The maximum Gasteiger partial charge on any atom is 0.195 e. The highest BCUT2D eigenvalue weighted by atomic mass is 79.9. The lowest BCUT2D eigenvalue weighted by Gasteiger charge is -2.27. The molecule has 1 saturated heterocycles. The summed E-state index contributed by atoms with van der Waals surface area (Å²) >= 11 is 7.30. The van der Waals surface area contributed by atoms with E-state index in [4.69, 9.17) is 4.98 Å². The van der Waals surface area contributed by atoms with Crippen molar-refractivity contribution in [1.29, 1.82) is 0 Å². The van der Waals surface area contributed by atoms with Crippen LogP contribution in [-0.2, 0) is 5.33 Å². The Morgan fingerprint density at radius 2 is 2.19 bits per heavy atom. The van der Waals surface area contributed by atoms with Gasteiger partial charge in [-0.2, -0.15) is 11.8 Å². The van der Waals surface area contributed by atoms with E-state index in [0.717, 1.165) is 23.4 Å². The lowest BCUT2D eigenvalue weighted by atomic mass is 10.4. The van der Waals surface area contributed by atoms with Gasteiger partial charge in [0.15, 0.2) is 10.8 Å². The van der Waals surface area contributed by atoms with E-state index in [-0.39, 0.29) is 0 Å². The number of rotatable bonds is 2. The van der Waals surface area contributed by atoms with Gasteiger partial charge in [0.2, 0.25) is 0 Å². The van der Waals surface area contributed by atoms with Crippen molar-refractivity contribution in [2.45, 2.75) is 5.33 Å². The summed E-state index contributed by atoms with van der Waals surface area (Å²) in [5.74, 6) is 3.60. The van der Waals surface area contributed by atoms with Crippen LogP contribution in [0.4, 0.5) is 5.82 Å². The molecule has 0 N–H and O–H groups in total. The maximum atomic E-state index is 4.74. The topological polar surface area (TPSA) is 20.5 Å². The minimum atomic E-state index is 0.865. The maximum absolute atomic E-state index is 4.74. The third-order valence-corrected chi connectivity index (χ3v) is 5.01. The molecular weight excluding hydrogens is 306 g/mol. The van der Waals surface area contributed by atoms with Crippen molar-refractivity contribution >= 4 is 49.8 Å². The van der Waals surface area contributed by atoms with Gasteiger partial charge in [-0.1, -0.05) is 15.9 Å². The van der Waals surface area contributed by atoms with Crippen LogP contribution in [0.1, 0.15) is 5.69 Å². The summed E-state index contributed by atoms with van der Waals surface area (Å²) in [6.45, 7) is 2.24. The quantitative estimate of drug-likeness (QED) is 0.794. The number of thioether (sulfide) groups is 1. The van der Waals surface area contributed by atoms with Crippen LogP contribution >= 0.6 is 39.0 Å². The summed E-state index contributed by atoms with van der Waals surface area (Å²) in [4.78, 5) is 8.24. The normalized spacial score (nSPS) is 17.2. The first-order chi connectivity index (χ1) is 7.90. The fraction of sp³-hybridized carbons (Fsp3) is 0.500. The smallest absolute Gasteiger partial charge is 0.195 e. The Morgan fingerprint density at radius 3 is 2.94 bits per heavy atom. The summed E-state index contributed by atoms with van der Waals surface area (Å²) in [6.07, 6.45) is 2.10. The molecule has 16 heavy (non-hydrogen) atoms. The van der Waals surface area contributed by atoms with Gasteiger partial charge in [0.05, 0.1) is 5.69 Å². The number of nitrogens with zero attached hydrogens (tertiary/aromatic N) is 3. The van der Waals surface area contributed by atoms with E-state index in [9.17, 15) is 0 Å². The summed E-state index contributed by atoms with van der Waals surface area (Å²) in [5, 5.41) is 2.95. The van der Waals surface area contributed by atoms with Gasteiger partial charge in [-0.25, -0.2) is 4.98 Å². The number of thiazole rings is 1. The first-order valence-corrected chi connectivity index (χ1v) is 8.39. The van der Waals surface area contributed by atoms with E-state index in [0.29, 0.717) is 0 Å². The molecular formula is C10H12BrN3S2. The lowest BCUT2D eigenvalue weighted by molar-refractivity contribution is 0.838. The van der Waals surface area contributed by atoms with Gasteiger partial charge in [-0.15, -0.1) is 11.3 Å². The number of aromatic nitrogens is 2. The number of fused-ring (bicyclic) bond motifs is 1. The van der Waals surface area contributed by atoms with Crippen LogP contribution in [0.15, 0.2) is 11.6 Å². The number of alkyl halides is 1. The molecule has 0 aromatic carbocycles. The molecule has 0 atom stereocenters. The second kappa shape index (κ2) is 4.58. The average molecular weight is 318 g/mol. The van der Waals surface area contributed by atoms with Crippen LogP contribution in [0.2, 0.25) is 0 Å². The van der Waals surface area contributed by atoms with Crippen LogP contribution < -0.4 is 4.90 Å². The zero-order valence-electron chi connectivity index (χ0n) is 8.73. The molecule has 0 unspecified atom stereocenters.